The van der Waals surface area contributed by atoms with E-state index in [9.17, 15) is 4.79 Å². The lowest BCUT2D eigenvalue weighted by atomic mass is 10.1. The van der Waals surface area contributed by atoms with Crippen molar-refractivity contribution >= 4 is 5.97 Å². The van der Waals surface area contributed by atoms with Crippen LogP contribution in [0.2, 0.25) is 0 Å². The molecule has 0 aromatic rings. The van der Waals surface area contributed by atoms with Crippen molar-refractivity contribution in [2.24, 2.45) is 0 Å². The lowest BCUT2D eigenvalue weighted by Gasteiger charge is -2.06. The number of rotatable bonds is 6. The van der Waals surface area contributed by atoms with E-state index in [4.69, 9.17) is 10.2 Å². The molecule has 0 radical (unpaired) electrons. The third-order valence-corrected chi connectivity index (χ3v) is 1.55. The number of aliphatic hydroxyl groups is 1. The molecule has 0 aliphatic carbocycles. The van der Waals surface area contributed by atoms with Crippen molar-refractivity contribution in [2.75, 3.05) is 0 Å². The highest BCUT2D eigenvalue weighted by Gasteiger charge is 2.03. The van der Waals surface area contributed by atoms with Gasteiger partial charge in [0.15, 0.2) is 0 Å². The Labute approximate surface area is 80.8 Å². The van der Waals surface area contributed by atoms with Crippen LogP contribution in [-0.4, -0.2) is 22.3 Å². The highest BCUT2D eigenvalue weighted by Crippen LogP contribution is 2.05. The summed E-state index contributed by atoms with van der Waals surface area (Å²) in [7, 11) is 0. The van der Waals surface area contributed by atoms with Gasteiger partial charge in [-0.25, -0.2) is 0 Å². The highest BCUT2D eigenvalue weighted by molar-refractivity contribution is 5.66. The predicted molar refractivity (Wildman–Crippen MR) is 53.7 cm³/mol. The Kier molecular flexibility index (Phi) is 13.1. The SMILES string of the molecule is CC.CCCC(O)CCCC(=O)O. The van der Waals surface area contributed by atoms with Gasteiger partial charge in [-0.15, -0.1) is 0 Å². The van der Waals surface area contributed by atoms with Gasteiger partial charge < -0.3 is 10.2 Å². The van der Waals surface area contributed by atoms with E-state index >= 15 is 0 Å². The molecule has 0 aliphatic rings. The van der Waals surface area contributed by atoms with E-state index in [1.807, 2.05) is 20.8 Å². The lowest BCUT2D eigenvalue weighted by Crippen LogP contribution is -2.06. The molecule has 0 rings (SSSR count). The van der Waals surface area contributed by atoms with Gasteiger partial charge in [-0.05, 0) is 19.3 Å². The van der Waals surface area contributed by atoms with Crippen LogP contribution in [0.1, 0.15) is 52.9 Å². The summed E-state index contributed by atoms with van der Waals surface area (Å²) in [5.74, 6) is -0.784. The molecule has 80 valence electrons. The van der Waals surface area contributed by atoms with Gasteiger partial charge in [-0.3, -0.25) is 4.79 Å². The van der Waals surface area contributed by atoms with E-state index in [-0.39, 0.29) is 12.5 Å². The summed E-state index contributed by atoms with van der Waals surface area (Å²) in [6.45, 7) is 6.00. The second-order valence-electron chi connectivity index (χ2n) is 2.73. The maximum Gasteiger partial charge on any atom is 0.303 e. The summed E-state index contributed by atoms with van der Waals surface area (Å²) in [5.41, 5.74) is 0. The minimum Gasteiger partial charge on any atom is -0.481 e. The average molecular weight is 190 g/mol. The Morgan fingerprint density at radius 1 is 1.31 bits per heavy atom. The zero-order chi connectivity index (χ0) is 10.7. The molecule has 0 saturated carbocycles. The molecule has 0 bridgehead atoms. The van der Waals surface area contributed by atoms with Crippen LogP contribution in [0.3, 0.4) is 0 Å². The van der Waals surface area contributed by atoms with Crippen molar-refractivity contribution in [1.82, 2.24) is 0 Å². The molecule has 0 spiro atoms. The Morgan fingerprint density at radius 2 is 1.85 bits per heavy atom. The number of hydrogen-bond donors (Lipinski definition) is 2. The van der Waals surface area contributed by atoms with Crippen LogP contribution < -0.4 is 0 Å². The standard InChI is InChI=1S/C8H16O3.C2H6/c1-2-4-7(9)5-3-6-8(10)11;1-2/h7,9H,2-6H2,1H3,(H,10,11);1-2H3. The summed E-state index contributed by atoms with van der Waals surface area (Å²) < 4.78 is 0. The van der Waals surface area contributed by atoms with Gasteiger partial charge in [0.1, 0.15) is 0 Å². The van der Waals surface area contributed by atoms with Crippen molar-refractivity contribution in [2.45, 2.75) is 59.0 Å². The molecule has 0 fully saturated rings. The molecule has 0 aliphatic heterocycles. The number of hydrogen-bond acceptors (Lipinski definition) is 2. The predicted octanol–water partition coefficient (Wildman–Crippen LogP) is 2.43. The monoisotopic (exact) mass is 190 g/mol. The van der Waals surface area contributed by atoms with Crippen LogP contribution in [0.4, 0.5) is 0 Å². The van der Waals surface area contributed by atoms with Crippen molar-refractivity contribution in [3.05, 3.63) is 0 Å². The first-order valence-corrected chi connectivity index (χ1v) is 5.06. The van der Waals surface area contributed by atoms with Gasteiger partial charge in [0, 0.05) is 6.42 Å². The van der Waals surface area contributed by atoms with Gasteiger partial charge in [0.05, 0.1) is 6.10 Å². The third-order valence-electron chi connectivity index (χ3n) is 1.55. The minimum absolute atomic E-state index is 0.167. The van der Waals surface area contributed by atoms with E-state index in [1.165, 1.54) is 0 Å². The molecule has 0 saturated heterocycles. The summed E-state index contributed by atoms with van der Waals surface area (Å²) in [6.07, 6.45) is 2.78. The van der Waals surface area contributed by atoms with Crippen LogP contribution in [0.15, 0.2) is 0 Å². The van der Waals surface area contributed by atoms with E-state index in [2.05, 4.69) is 0 Å². The maximum atomic E-state index is 10.1. The molecule has 1 atom stereocenters. The second kappa shape index (κ2) is 11.4. The first kappa shape index (κ1) is 14.9. The number of carboxylic acids is 1. The summed E-state index contributed by atoms with van der Waals surface area (Å²) >= 11 is 0. The van der Waals surface area contributed by atoms with Crippen molar-refractivity contribution in [3.8, 4) is 0 Å². The first-order valence-electron chi connectivity index (χ1n) is 5.06. The fourth-order valence-corrected chi connectivity index (χ4v) is 0.966. The normalized spacial score (nSPS) is 11.4. The Hall–Kier alpha value is -0.570. The average Bonchev–Trinajstić information content (AvgIpc) is 2.08. The van der Waals surface area contributed by atoms with E-state index in [1.54, 1.807) is 0 Å². The molecule has 1 unspecified atom stereocenters. The summed E-state index contributed by atoms with van der Waals surface area (Å²) in [6, 6.07) is 0. The van der Waals surface area contributed by atoms with Gasteiger partial charge in [0.25, 0.3) is 0 Å². The summed E-state index contributed by atoms with van der Waals surface area (Å²) in [5, 5.41) is 17.4. The molecule has 0 amide bonds. The molecule has 3 heteroatoms. The zero-order valence-electron chi connectivity index (χ0n) is 8.92. The largest absolute Gasteiger partial charge is 0.481 e. The number of carbonyl (C=O) groups is 1. The first-order chi connectivity index (χ1) is 6.16. The van der Waals surface area contributed by atoms with E-state index in [0.29, 0.717) is 12.8 Å². The Bertz CT molecular complexity index is 113. The molecular weight excluding hydrogens is 168 g/mol. The molecule has 3 nitrogen and oxygen atoms in total. The minimum atomic E-state index is -0.784. The number of aliphatic carboxylic acids is 1. The quantitative estimate of drug-likeness (QED) is 0.676. The molecule has 13 heavy (non-hydrogen) atoms. The van der Waals surface area contributed by atoms with Crippen LogP contribution in [0.25, 0.3) is 0 Å². The number of carboxylic acid groups (broad SMARTS) is 1. The molecule has 0 heterocycles. The highest BCUT2D eigenvalue weighted by atomic mass is 16.4. The molecule has 0 aromatic carbocycles. The summed E-state index contributed by atoms with van der Waals surface area (Å²) in [4.78, 5) is 10.1. The van der Waals surface area contributed by atoms with E-state index < -0.39 is 5.97 Å². The van der Waals surface area contributed by atoms with E-state index in [0.717, 1.165) is 12.8 Å². The maximum absolute atomic E-state index is 10.1. The van der Waals surface area contributed by atoms with Crippen LogP contribution in [0, 0.1) is 0 Å². The third kappa shape index (κ3) is 14.3. The fraction of sp³-hybridized carbons (Fsp3) is 0.900. The topological polar surface area (TPSA) is 57.5 Å². The molecular formula is C10H22O3. The fourth-order valence-electron chi connectivity index (χ4n) is 0.966. The lowest BCUT2D eigenvalue weighted by molar-refractivity contribution is -0.137. The number of aliphatic hydroxyl groups excluding tert-OH is 1. The van der Waals surface area contributed by atoms with Gasteiger partial charge >= 0.3 is 5.97 Å². The van der Waals surface area contributed by atoms with Crippen LogP contribution in [0.5, 0.6) is 0 Å². The molecule has 2 N–H and O–H groups in total. The van der Waals surface area contributed by atoms with Gasteiger partial charge in [0.2, 0.25) is 0 Å². The van der Waals surface area contributed by atoms with Gasteiger partial charge in [-0.2, -0.15) is 0 Å². The van der Waals surface area contributed by atoms with Crippen LogP contribution >= 0.6 is 0 Å². The Morgan fingerprint density at radius 3 is 2.23 bits per heavy atom. The Balaban J connectivity index is 0. The van der Waals surface area contributed by atoms with Crippen molar-refractivity contribution in [1.29, 1.82) is 0 Å². The van der Waals surface area contributed by atoms with Crippen LogP contribution in [-0.2, 0) is 4.79 Å². The van der Waals surface area contributed by atoms with Crippen molar-refractivity contribution in [3.63, 3.8) is 0 Å². The smallest absolute Gasteiger partial charge is 0.303 e. The second-order valence-corrected chi connectivity index (χ2v) is 2.73. The van der Waals surface area contributed by atoms with Crippen molar-refractivity contribution < 1.29 is 15.0 Å². The molecule has 0 aromatic heterocycles. The van der Waals surface area contributed by atoms with Gasteiger partial charge in [-0.1, -0.05) is 27.2 Å². The zero-order valence-corrected chi connectivity index (χ0v) is 8.92.